The highest BCUT2D eigenvalue weighted by Gasteiger charge is 1.98. The molecule has 0 atom stereocenters. The third-order valence-electron chi connectivity index (χ3n) is 1.82. The number of benzene rings is 1. The highest BCUT2D eigenvalue weighted by Crippen LogP contribution is 2.13. The van der Waals surface area contributed by atoms with E-state index in [1.54, 1.807) is 0 Å². The Labute approximate surface area is 79.8 Å². The van der Waals surface area contributed by atoms with Crippen molar-refractivity contribution in [2.75, 3.05) is 12.1 Å². The molecule has 70 valence electrons. The van der Waals surface area contributed by atoms with Gasteiger partial charge in [-0.3, -0.25) is 5.01 Å². The van der Waals surface area contributed by atoms with E-state index in [1.165, 1.54) is 5.56 Å². The van der Waals surface area contributed by atoms with Crippen LogP contribution in [0.1, 0.15) is 12.5 Å². The van der Waals surface area contributed by atoms with Gasteiger partial charge in [-0.25, -0.2) is 5.43 Å². The Kier molecular flexibility index (Phi) is 3.53. The van der Waals surface area contributed by atoms with Crippen LogP contribution in [0.5, 0.6) is 0 Å². The van der Waals surface area contributed by atoms with Crippen molar-refractivity contribution in [3.8, 4) is 0 Å². The molecule has 0 saturated carbocycles. The summed E-state index contributed by atoms with van der Waals surface area (Å²) in [7, 11) is 1.91. The van der Waals surface area contributed by atoms with Crippen LogP contribution in [0.25, 0.3) is 0 Å². The summed E-state index contributed by atoms with van der Waals surface area (Å²) in [5.74, 6) is 0. The average Bonchev–Trinajstić information content (AvgIpc) is 2.14. The van der Waals surface area contributed by atoms with Crippen molar-refractivity contribution in [1.29, 1.82) is 0 Å². The minimum Gasteiger partial charge on any atom is -0.285 e. The minimum atomic E-state index is 1.15. The van der Waals surface area contributed by atoms with Crippen LogP contribution in [-0.2, 0) is 0 Å². The molecule has 2 heteroatoms. The number of allylic oxidation sites excluding steroid dienone is 1. The lowest BCUT2D eigenvalue weighted by atomic mass is 10.2. The van der Waals surface area contributed by atoms with E-state index in [0.717, 1.165) is 5.69 Å². The Hall–Kier alpha value is -1.28. The molecule has 0 aliphatic rings. The van der Waals surface area contributed by atoms with Crippen LogP contribution in [0.3, 0.4) is 0 Å². The van der Waals surface area contributed by atoms with Gasteiger partial charge in [0, 0.05) is 13.2 Å². The van der Waals surface area contributed by atoms with E-state index >= 15 is 0 Å². The van der Waals surface area contributed by atoms with Gasteiger partial charge in [-0.1, -0.05) is 18.2 Å². The Bertz CT molecular complexity index is 292. The van der Waals surface area contributed by atoms with Crippen LogP contribution < -0.4 is 10.4 Å². The molecule has 1 aromatic carbocycles. The van der Waals surface area contributed by atoms with E-state index in [0.29, 0.717) is 0 Å². The maximum absolute atomic E-state index is 3.09. The van der Waals surface area contributed by atoms with Crippen molar-refractivity contribution in [2.45, 2.75) is 13.8 Å². The molecule has 0 aliphatic carbocycles. The van der Waals surface area contributed by atoms with Crippen LogP contribution in [0.4, 0.5) is 5.69 Å². The summed E-state index contributed by atoms with van der Waals surface area (Å²) in [6.45, 7) is 4.09. The van der Waals surface area contributed by atoms with Gasteiger partial charge in [0.25, 0.3) is 0 Å². The standard InChI is InChI=1S/C11H16N2/c1-4-8-13(12-3)11-7-5-6-10(2)9-11/h4-9,12H,1-3H3/b8-4-. The minimum absolute atomic E-state index is 1.15. The number of nitrogens with one attached hydrogen (secondary N) is 1. The fourth-order valence-electron chi connectivity index (χ4n) is 1.22. The van der Waals surface area contributed by atoms with Crippen molar-refractivity contribution in [2.24, 2.45) is 0 Å². The molecule has 1 aromatic rings. The molecule has 0 spiro atoms. The van der Waals surface area contributed by atoms with Gasteiger partial charge >= 0.3 is 0 Å². The molecule has 0 unspecified atom stereocenters. The van der Waals surface area contributed by atoms with Crippen LogP contribution in [0.15, 0.2) is 36.5 Å². The summed E-state index contributed by atoms with van der Waals surface area (Å²) in [5.41, 5.74) is 5.51. The first-order valence-electron chi connectivity index (χ1n) is 4.44. The number of rotatable bonds is 3. The number of hydrazine groups is 1. The molecule has 0 saturated heterocycles. The first kappa shape index (κ1) is 9.81. The van der Waals surface area contributed by atoms with Crippen LogP contribution in [0, 0.1) is 6.92 Å². The summed E-state index contributed by atoms with van der Waals surface area (Å²) in [6, 6.07) is 8.35. The largest absolute Gasteiger partial charge is 0.285 e. The molecule has 0 aromatic heterocycles. The highest BCUT2D eigenvalue weighted by molar-refractivity contribution is 5.49. The first-order chi connectivity index (χ1) is 6.27. The molecule has 0 bridgehead atoms. The van der Waals surface area contributed by atoms with E-state index in [1.807, 2.05) is 31.3 Å². The maximum Gasteiger partial charge on any atom is 0.0573 e. The van der Waals surface area contributed by atoms with Gasteiger partial charge in [-0.15, -0.1) is 0 Å². The smallest absolute Gasteiger partial charge is 0.0573 e. The molecule has 0 aliphatic heterocycles. The number of hydrogen-bond donors (Lipinski definition) is 1. The molecule has 0 radical (unpaired) electrons. The van der Waals surface area contributed by atoms with Crippen molar-refractivity contribution in [3.05, 3.63) is 42.1 Å². The zero-order chi connectivity index (χ0) is 9.68. The van der Waals surface area contributed by atoms with Crippen molar-refractivity contribution < 1.29 is 0 Å². The molecular weight excluding hydrogens is 160 g/mol. The highest BCUT2D eigenvalue weighted by atomic mass is 15.5. The fraction of sp³-hybridized carbons (Fsp3) is 0.273. The SMILES string of the molecule is C/C=C\N(NC)c1cccc(C)c1. The number of hydrogen-bond acceptors (Lipinski definition) is 2. The monoisotopic (exact) mass is 176 g/mol. The van der Waals surface area contributed by atoms with Gasteiger partial charge in [0.1, 0.15) is 0 Å². The molecule has 0 heterocycles. The molecule has 13 heavy (non-hydrogen) atoms. The Morgan fingerprint density at radius 3 is 2.69 bits per heavy atom. The van der Waals surface area contributed by atoms with Gasteiger partial charge in [0.15, 0.2) is 0 Å². The molecule has 1 rings (SSSR count). The van der Waals surface area contributed by atoms with E-state index < -0.39 is 0 Å². The normalized spacial score (nSPS) is 10.7. The summed E-state index contributed by atoms with van der Waals surface area (Å²) < 4.78 is 0. The third kappa shape index (κ3) is 2.60. The molecule has 1 N–H and O–H groups in total. The Balaban J connectivity index is 2.91. The van der Waals surface area contributed by atoms with Crippen LogP contribution in [-0.4, -0.2) is 7.05 Å². The summed E-state index contributed by atoms with van der Waals surface area (Å²) >= 11 is 0. The maximum atomic E-state index is 3.09. The van der Waals surface area contributed by atoms with Gasteiger partial charge in [0.05, 0.1) is 5.69 Å². The molecule has 0 fully saturated rings. The predicted molar refractivity (Wildman–Crippen MR) is 57.5 cm³/mol. The second kappa shape index (κ2) is 4.67. The van der Waals surface area contributed by atoms with Gasteiger partial charge in [-0.2, -0.15) is 0 Å². The van der Waals surface area contributed by atoms with Crippen LogP contribution >= 0.6 is 0 Å². The topological polar surface area (TPSA) is 15.3 Å². The summed E-state index contributed by atoms with van der Waals surface area (Å²) in [6.07, 6.45) is 3.99. The second-order valence-corrected chi connectivity index (χ2v) is 2.92. The Morgan fingerprint density at radius 2 is 2.15 bits per heavy atom. The van der Waals surface area contributed by atoms with Gasteiger partial charge in [0.2, 0.25) is 0 Å². The number of nitrogens with zero attached hydrogens (tertiary/aromatic N) is 1. The number of aryl methyl sites for hydroxylation is 1. The quantitative estimate of drug-likeness (QED) is 0.712. The van der Waals surface area contributed by atoms with E-state index in [4.69, 9.17) is 0 Å². The predicted octanol–water partition coefficient (Wildman–Crippen LogP) is 2.47. The third-order valence-corrected chi connectivity index (χ3v) is 1.82. The summed E-state index contributed by atoms with van der Waals surface area (Å²) in [5, 5.41) is 1.98. The first-order valence-corrected chi connectivity index (χ1v) is 4.44. The lowest BCUT2D eigenvalue weighted by Crippen LogP contribution is -2.29. The molecule has 0 amide bonds. The zero-order valence-electron chi connectivity index (χ0n) is 8.41. The summed E-state index contributed by atoms with van der Waals surface area (Å²) in [4.78, 5) is 0. The fourth-order valence-corrected chi connectivity index (χ4v) is 1.22. The van der Waals surface area contributed by atoms with E-state index in [2.05, 4.69) is 36.6 Å². The molecular formula is C11H16N2. The van der Waals surface area contributed by atoms with Crippen molar-refractivity contribution >= 4 is 5.69 Å². The van der Waals surface area contributed by atoms with Gasteiger partial charge in [-0.05, 0) is 31.5 Å². The van der Waals surface area contributed by atoms with Crippen molar-refractivity contribution in [1.82, 2.24) is 5.43 Å². The van der Waals surface area contributed by atoms with E-state index in [-0.39, 0.29) is 0 Å². The molecule has 2 nitrogen and oxygen atoms in total. The van der Waals surface area contributed by atoms with Crippen LogP contribution in [0.2, 0.25) is 0 Å². The second-order valence-electron chi connectivity index (χ2n) is 2.92. The lowest BCUT2D eigenvalue weighted by molar-refractivity contribution is 0.825. The van der Waals surface area contributed by atoms with E-state index in [9.17, 15) is 0 Å². The Morgan fingerprint density at radius 1 is 1.38 bits per heavy atom. The lowest BCUT2D eigenvalue weighted by Gasteiger charge is -2.18. The number of anilines is 1. The van der Waals surface area contributed by atoms with Crippen molar-refractivity contribution in [3.63, 3.8) is 0 Å². The zero-order valence-corrected chi connectivity index (χ0v) is 8.41. The van der Waals surface area contributed by atoms with Gasteiger partial charge < -0.3 is 0 Å². The average molecular weight is 176 g/mol.